The fourth-order valence-electron chi connectivity index (χ4n) is 2.32. The molecule has 1 fully saturated rings. The van der Waals surface area contributed by atoms with Crippen molar-refractivity contribution in [3.05, 3.63) is 16.3 Å². The van der Waals surface area contributed by atoms with Gasteiger partial charge in [0.05, 0.1) is 0 Å². The van der Waals surface area contributed by atoms with Gasteiger partial charge in [0.25, 0.3) is 0 Å². The first kappa shape index (κ1) is 12.4. The van der Waals surface area contributed by atoms with E-state index in [1.54, 1.807) is 0 Å². The van der Waals surface area contributed by atoms with E-state index >= 15 is 0 Å². The number of hydrogen-bond acceptors (Lipinski definition) is 6. The van der Waals surface area contributed by atoms with Crippen LogP contribution in [-0.2, 0) is 16.0 Å². The van der Waals surface area contributed by atoms with Gasteiger partial charge in [-0.05, 0) is 24.2 Å². The van der Waals surface area contributed by atoms with E-state index in [1.807, 2.05) is 0 Å². The minimum absolute atomic E-state index is 0.0761. The number of imidazole rings is 1. The minimum Gasteiger partial charge on any atom is -0.444 e. The highest BCUT2D eigenvalue weighted by Crippen LogP contribution is 2.26. The molecule has 0 bridgehead atoms. The molecule has 0 aromatic carbocycles. The molecule has 8 heteroatoms. The fourth-order valence-corrected chi connectivity index (χ4v) is 2.32. The number of nitro groups is 1. The van der Waals surface area contributed by atoms with E-state index in [0.717, 1.165) is 19.3 Å². The summed E-state index contributed by atoms with van der Waals surface area (Å²) in [4.78, 5) is 14.3. The second-order valence-corrected chi connectivity index (χ2v) is 4.63. The molecule has 3 rings (SSSR count). The number of ether oxygens (including phenoxy) is 3. The third kappa shape index (κ3) is 2.54. The summed E-state index contributed by atoms with van der Waals surface area (Å²) in [5, 5.41) is 10.9. The zero-order valence-electron chi connectivity index (χ0n) is 10.4. The average molecular weight is 269 g/mol. The molecule has 2 atom stereocenters. The highest BCUT2D eigenvalue weighted by Gasteiger charge is 2.32. The van der Waals surface area contributed by atoms with Crippen molar-refractivity contribution in [2.45, 2.75) is 38.2 Å². The topological polar surface area (TPSA) is 88.7 Å². The Labute approximate surface area is 109 Å². The van der Waals surface area contributed by atoms with Crippen LogP contribution in [0, 0.1) is 10.1 Å². The Hall–Kier alpha value is -1.67. The summed E-state index contributed by atoms with van der Waals surface area (Å²) < 4.78 is 18.1. The molecule has 104 valence electrons. The second kappa shape index (κ2) is 5.14. The van der Waals surface area contributed by atoms with Gasteiger partial charge in [-0.3, -0.25) is 0 Å². The Morgan fingerprint density at radius 1 is 1.53 bits per heavy atom. The maximum Gasteiger partial charge on any atom is 0.391 e. The number of hydrogen-bond donors (Lipinski definition) is 0. The first-order valence-electron chi connectivity index (χ1n) is 6.34. The van der Waals surface area contributed by atoms with Gasteiger partial charge in [-0.15, -0.1) is 0 Å². The van der Waals surface area contributed by atoms with Gasteiger partial charge in [-0.25, -0.2) is 0 Å². The molecule has 1 aromatic heterocycles. The third-order valence-electron chi connectivity index (χ3n) is 3.25. The van der Waals surface area contributed by atoms with Gasteiger partial charge in [0.1, 0.15) is 25.5 Å². The van der Waals surface area contributed by atoms with E-state index in [1.165, 1.54) is 10.8 Å². The van der Waals surface area contributed by atoms with Crippen LogP contribution in [0.2, 0.25) is 0 Å². The number of rotatable bonds is 3. The molecule has 19 heavy (non-hydrogen) atoms. The predicted octanol–water partition coefficient (Wildman–Crippen LogP) is 1.10. The van der Waals surface area contributed by atoms with Gasteiger partial charge < -0.3 is 24.3 Å². The second-order valence-electron chi connectivity index (χ2n) is 4.63. The summed E-state index contributed by atoms with van der Waals surface area (Å²) in [6.07, 6.45) is 3.71. The van der Waals surface area contributed by atoms with E-state index in [4.69, 9.17) is 14.2 Å². The van der Waals surface area contributed by atoms with E-state index in [-0.39, 0.29) is 24.2 Å². The lowest BCUT2D eigenvalue weighted by molar-refractivity contribution is -0.392. The van der Waals surface area contributed by atoms with Gasteiger partial charge in [-0.1, -0.05) is 0 Å². The number of fused-ring (bicyclic) bond motifs is 1. The Kier molecular flexibility index (Phi) is 3.34. The molecular formula is C11H15N3O5. The standard InChI is InChI=1S/C11H15N3O5/c15-14(16)9-5-12-11-13(9)6-8(7-18-11)19-10-3-1-2-4-17-10/h5,8,10H,1-4,6-7H2/t8-,10?/m0/s1. The smallest absolute Gasteiger partial charge is 0.391 e. The molecule has 0 spiro atoms. The van der Waals surface area contributed by atoms with Crippen LogP contribution >= 0.6 is 0 Å². The molecule has 0 aliphatic carbocycles. The summed E-state index contributed by atoms with van der Waals surface area (Å²) in [5.41, 5.74) is 0. The predicted molar refractivity (Wildman–Crippen MR) is 62.8 cm³/mol. The highest BCUT2D eigenvalue weighted by molar-refractivity contribution is 5.23. The van der Waals surface area contributed by atoms with Crippen LogP contribution < -0.4 is 4.74 Å². The van der Waals surface area contributed by atoms with Gasteiger partial charge in [-0.2, -0.15) is 9.55 Å². The molecule has 0 amide bonds. The van der Waals surface area contributed by atoms with Crippen molar-refractivity contribution >= 4 is 5.82 Å². The number of aromatic nitrogens is 2. The first-order valence-corrected chi connectivity index (χ1v) is 6.34. The highest BCUT2D eigenvalue weighted by atomic mass is 16.7. The van der Waals surface area contributed by atoms with Gasteiger partial charge in [0.15, 0.2) is 6.29 Å². The maximum atomic E-state index is 10.9. The maximum absolute atomic E-state index is 10.9. The zero-order chi connectivity index (χ0) is 13.2. The molecule has 1 saturated heterocycles. The summed E-state index contributed by atoms with van der Waals surface area (Å²) in [5.74, 6) is -0.0761. The van der Waals surface area contributed by atoms with Gasteiger partial charge in [0, 0.05) is 6.61 Å². The van der Waals surface area contributed by atoms with Crippen molar-refractivity contribution in [2.75, 3.05) is 13.2 Å². The summed E-state index contributed by atoms with van der Waals surface area (Å²) in [6, 6.07) is 0.274. The lowest BCUT2D eigenvalue weighted by atomic mass is 10.2. The normalized spacial score (nSPS) is 26.5. The van der Waals surface area contributed by atoms with Crippen molar-refractivity contribution < 1.29 is 19.1 Å². The van der Waals surface area contributed by atoms with Crippen molar-refractivity contribution in [3.8, 4) is 6.01 Å². The summed E-state index contributed by atoms with van der Waals surface area (Å²) in [6.45, 7) is 1.41. The van der Waals surface area contributed by atoms with E-state index in [9.17, 15) is 10.1 Å². The molecule has 0 saturated carbocycles. The molecular weight excluding hydrogens is 254 g/mol. The molecule has 0 N–H and O–H groups in total. The van der Waals surface area contributed by atoms with Crippen LogP contribution in [0.4, 0.5) is 5.82 Å². The van der Waals surface area contributed by atoms with Crippen LogP contribution in [0.3, 0.4) is 0 Å². The lowest BCUT2D eigenvalue weighted by Crippen LogP contribution is -2.37. The summed E-state index contributed by atoms with van der Waals surface area (Å²) >= 11 is 0. The van der Waals surface area contributed by atoms with Crippen LogP contribution in [0.5, 0.6) is 6.01 Å². The molecule has 2 aliphatic rings. The molecule has 1 aromatic rings. The summed E-state index contributed by atoms with van der Waals surface area (Å²) in [7, 11) is 0. The molecule has 8 nitrogen and oxygen atoms in total. The number of nitrogens with zero attached hydrogens (tertiary/aromatic N) is 3. The Balaban J connectivity index is 1.67. The minimum atomic E-state index is -0.473. The van der Waals surface area contributed by atoms with Crippen LogP contribution in [0.1, 0.15) is 19.3 Å². The Bertz CT molecular complexity index is 469. The van der Waals surface area contributed by atoms with E-state index < -0.39 is 4.92 Å². The van der Waals surface area contributed by atoms with E-state index in [0.29, 0.717) is 19.8 Å². The zero-order valence-corrected chi connectivity index (χ0v) is 10.4. The SMILES string of the molecule is O=[N+]([O-])c1cnc2n1C[C@H](OC1CCCCO1)CO2. The molecule has 3 heterocycles. The van der Waals surface area contributed by atoms with Crippen molar-refractivity contribution in [2.24, 2.45) is 0 Å². The lowest BCUT2D eigenvalue weighted by Gasteiger charge is -2.28. The Morgan fingerprint density at radius 2 is 2.42 bits per heavy atom. The van der Waals surface area contributed by atoms with Gasteiger partial charge in [0.2, 0.25) is 0 Å². The quantitative estimate of drug-likeness (QED) is 0.603. The Morgan fingerprint density at radius 3 is 3.16 bits per heavy atom. The first-order chi connectivity index (χ1) is 9.24. The average Bonchev–Trinajstić information content (AvgIpc) is 2.83. The van der Waals surface area contributed by atoms with Crippen molar-refractivity contribution in [1.29, 1.82) is 0 Å². The molecule has 0 radical (unpaired) electrons. The van der Waals surface area contributed by atoms with Gasteiger partial charge >= 0.3 is 11.8 Å². The van der Waals surface area contributed by atoms with Crippen molar-refractivity contribution in [3.63, 3.8) is 0 Å². The monoisotopic (exact) mass is 269 g/mol. The largest absolute Gasteiger partial charge is 0.444 e. The van der Waals surface area contributed by atoms with Crippen LogP contribution in [-0.4, -0.2) is 40.1 Å². The van der Waals surface area contributed by atoms with Crippen LogP contribution in [0.15, 0.2) is 6.20 Å². The molecule has 1 unspecified atom stereocenters. The molecule has 2 aliphatic heterocycles. The fraction of sp³-hybridized carbons (Fsp3) is 0.727. The third-order valence-corrected chi connectivity index (χ3v) is 3.25. The van der Waals surface area contributed by atoms with E-state index in [2.05, 4.69) is 4.98 Å². The van der Waals surface area contributed by atoms with Crippen molar-refractivity contribution in [1.82, 2.24) is 9.55 Å². The van der Waals surface area contributed by atoms with Crippen LogP contribution in [0.25, 0.3) is 0 Å².